The van der Waals surface area contributed by atoms with Crippen LogP contribution < -0.4 is 9.47 Å². The van der Waals surface area contributed by atoms with Crippen LogP contribution in [-0.4, -0.2) is 32.2 Å². The molecular weight excluding hydrogens is 202 g/mol. The van der Waals surface area contributed by atoms with E-state index in [2.05, 4.69) is 31.0 Å². The molecule has 1 aromatic carbocycles. The van der Waals surface area contributed by atoms with Crippen LogP contribution in [0.2, 0.25) is 0 Å². The van der Waals surface area contributed by atoms with Crippen LogP contribution in [0, 0.1) is 0 Å². The predicted molar refractivity (Wildman–Crippen MR) is 64.2 cm³/mol. The van der Waals surface area contributed by atoms with Gasteiger partial charge in [0, 0.05) is 12.6 Å². The molecule has 0 amide bonds. The number of benzene rings is 1. The fourth-order valence-corrected chi connectivity index (χ4v) is 2.20. The summed E-state index contributed by atoms with van der Waals surface area (Å²) in [7, 11) is 5.52. The first-order chi connectivity index (χ1) is 7.65. The molecule has 16 heavy (non-hydrogen) atoms. The summed E-state index contributed by atoms with van der Waals surface area (Å²) in [5.74, 6) is 1.65. The molecule has 0 bridgehead atoms. The molecule has 0 aliphatic carbocycles. The molecule has 0 spiro atoms. The van der Waals surface area contributed by atoms with Gasteiger partial charge in [0.05, 0.1) is 14.2 Å². The van der Waals surface area contributed by atoms with Gasteiger partial charge in [0.25, 0.3) is 0 Å². The highest BCUT2D eigenvalue weighted by atomic mass is 16.5. The summed E-state index contributed by atoms with van der Waals surface area (Å²) in [5, 5.41) is 0. The zero-order valence-electron chi connectivity index (χ0n) is 10.4. The first kappa shape index (κ1) is 11.3. The zero-order valence-corrected chi connectivity index (χ0v) is 10.4. The van der Waals surface area contributed by atoms with E-state index in [0.717, 1.165) is 24.5 Å². The minimum absolute atomic E-state index is 0.589. The molecule has 1 aliphatic heterocycles. The molecule has 1 aromatic rings. The van der Waals surface area contributed by atoms with Crippen LogP contribution in [0.1, 0.15) is 18.1 Å². The van der Waals surface area contributed by atoms with Crippen molar-refractivity contribution in [2.45, 2.75) is 25.9 Å². The summed E-state index contributed by atoms with van der Waals surface area (Å²) in [6.07, 6.45) is 1.08. The summed E-state index contributed by atoms with van der Waals surface area (Å²) >= 11 is 0. The van der Waals surface area contributed by atoms with Crippen LogP contribution in [0.5, 0.6) is 11.5 Å². The normalized spacial score (nSPS) is 20.4. The first-order valence-electron chi connectivity index (χ1n) is 5.59. The predicted octanol–water partition coefficient (Wildman–Crippen LogP) is 2.08. The van der Waals surface area contributed by atoms with Gasteiger partial charge >= 0.3 is 0 Å². The van der Waals surface area contributed by atoms with Gasteiger partial charge in [0.15, 0.2) is 11.5 Å². The van der Waals surface area contributed by atoms with Gasteiger partial charge in [-0.2, -0.15) is 0 Å². The van der Waals surface area contributed by atoms with Crippen LogP contribution in [-0.2, 0) is 13.0 Å². The van der Waals surface area contributed by atoms with Crippen molar-refractivity contribution in [3.63, 3.8) is 0 Å². The third-order valence-electron chi connectivity index (χ3n) is 3.39. The Labute approximate surface area is 97.0 Å². The van der Waals surface area contributed by atoms with Crippen molar-refractivity contribution in [2.24, 2.45) is 0 Å². The summed E-state index contributed by atoms with van der Waals surface area (Å²) in [4.78, 5) is 2.36. The number of ether oxygens (including phenoxy) is 2. The minimum Gasteiger partial charge on any atom is -0.493 e. The molecule has 1 atom stereocenters. The largest absolute Gasteiger partial charge is 0.493 e. The van der Waals surface area contributed by atoms with Gasteiger partial charge in [-0.15, -0.1) is 0 Å². The standard InChI is InChI=1S/C13H19NO2/c1-9-5-10-6-12(15-3)13(16-4)7-11(10)8-14(9)2/h6-7,9H,5,8H2,1-4H3/t9-/m0/s1. The fourth-order valence-electron chi connectivity index (χ4n) is 2.20. The van der Waals surface area contributed by atoms with E-state index in [-0.39, 0.29) is 0 Å². The molecule has 3 heteroatoms. The number of methoxy groups -OCH3 is 2. The van der Waals surface area contributed by atoms with Gasteiger partial charge in [0.2, 0.25) is 0 Å². The molecule has 1 aliphatic rings. The van der Waals surface area contributed by atoms with Crippen molar-refractivity contribution in [3.05, 3.63) is 23.3 Å². The first-order valence-corrected chi connectivity index (χ1v) is 5.59. The van der Waals surface area contributed by atoms with Gasteiger partial charge in [0.1, 0.15) is 0 Å². The van der Waals surface area contributed by atoms with Crippen LogP contribution >= 0.6 is 0 Å². The van der Waals surface area contributed by atoms with E-state index in [0.29, 0.717) is 6.04 Å². The van der Waals surface area contributed by atoms with Crippen molar-refractivity contribution >= 4 is 0 Å². The van der Waals surface area contributed by atoms with E-state index >= 15 is 0 Å². The number of nitrogens with zero attached hydrogens (tertiary/aromatic N) is 1. The van der Waals surface area contributed by atoms with E-state index in [1.54, 1.807) is 14.2 Å². The smallest absolute Gasteiger partial charge is 0.161 e. The van der Waals surface area contributed by atoms with Crippen molar-refractivity contribution in [2.75, 3.05) is 21.3 Å². The second-order valence-corrected chi connectivity index (χ2v) is 4.44. The zero-order chi connectivity index (χ0) is 11.7. The van der Waals surface area contributed by atoms with Gasteiger partial charge in [-0.3, -0.25) is 4.90 Å². The lowest BCUT2D eigenvalue weighted by atomic mass is 9.94. The van der Waals surface area contributed by atoms with Crippen LogP contribution in [0.15, 0.2) is 12.1 Å². The lowest BCUT2D eigenvalue weighted by Crippen LogP contribution is -2.35. The molecule has 88 valence electrons. The lowest BCUT2D eigenvalue weighted by Gasteiger charge is -2.32. The number of rotatable bonds is 2. The van der Waals surface area contributed by atoms with Gasteiger partial charge < -0.3 is 9.47 Å². The lowest BCUT2D eigenvalue weighted by molar-refractivity contribution is 0.230. The minimum atomic E-state index is 0.589. The topological polar surface area (TPSA) is 21.7 Å². The Bertz CT molecular complexity index is 353. The molecule has 0 N–H and O–H groups in total. The molecule has 0 fully saturated rings. The van der Waals surface area contributed by atoms with Crippen LogP contribution in [0.4, 0.5) is 0 Å². The van der Waals surface area contributed by atoms with Gasteiger partial charge in [-0.1, -0.05) is 0 Å². The van der Waals surface area contributed by atoms with E-state index in [9.17, 15) is 0 Å². The van der Waals surface area contributed by atoms with E-state index < -0.39 is 0 Å². The maximum atomic E-state index is 5.33. The molecule has 0 unspecified atom stereocenters. The average Bonchev–Trinajstić information content (AvgIpc) is 2.29. The highest BCUT2D eigenvalue weighted by Gasteiger charge is 2.21. The molecule has 2 rings (SSSR count). The quantitative estimate of drug-likeness (QED) is 0.763. The maximum Gasteiger partial charge on any atom is 0.161 e. The average molecular weight is 221 g/mol. The summed E-state index contributed by atoms with van der Waals surface area (Å²) < 4.78 is 10.6. The molecule has 1 heterocycles. The second kappa shape index (κ2) is 4.34. The van der Waals surface area contributed by atoms with Gasteiger partial charge in [-0.05, 0) is 43.7 Å². The molecular formula is C13H19NO2. The van der Waals surface area contributed by atoms with Crippen molar-refractivity contribution in [3.8, 4) is 11.5 Å². The van der Waals surface area contributed by atoms with Crippen molar-refractivity contribution in [1.82, 2.24) is 4.90 Å². The SMILES string of the molecule is COc1cc2c(cc1OC)CN(C)[C@@H](C)C2. The van der Waals surface area contributed by atoms with Gasteiger partial charge in [-0.25, -0.2) is 0 Å². The Morgan fingerprint density at radius 3 is 2.25 bits per heavy atom. The maximum absolute atomic E-state index is 5.33. The third-order valence-corrected chi connectivity index (χ3v) is 3.39. The molecule has 3 nitrogen and oxygen atoms in total. The highest BCUT2D eigenvalue weighted by Crippen LogP contribution is 2.34. The van der Waals surface area contributed by atoms with Crippen molar-refractivity contribution in [1.29, 1.82) is 0 Å². The highest BCUT2D eigenvalue weighted by molar-refractivity contribution is 5.48. The Balaban J connectivity index is 2.41. The number of hydrogen-bond donors (Lipinski definition) is 0. The summed E-state index contributed by atoms with van der Waals surface area (Å²) in [5.41, 5.74) is 2.72. The Hall–Kier alpha value is -1.22. The van der Waals surface area contributed by atoms with Crippen molar-refractivity contribution < 1.29 is 9.47 Å². The van der Waals surface area contributed by atoms with E-state index in [4.69, 9.17) is 9.47 Å². The Kier molecular flexibility index (Phi) is 3.06. The molecule has 0 radical (unpaired) electrons. The molecule has 0 saturated carbocycles. The van der Waals surface area contributed by atoms with E-state index in [1.807, 2.05) is 0 Å². The fraction of sp³-hybridized carbons (Fsp3) is 0.538. The number of hydrogen-bond acceptors (Lipinski definition) is 3. The van der Waals surface area contributed by atoms with Crippen LogP contribution in [0.3, 0.4) is 0 Å². The second-order valence-electron chi connectivity index (χ2n) is 4.44. The summed E-state index contributed by atoms with van der Waals surface area (Å²) in [6.45, 7) is 3.23. The van der Waals surface area contributed by atoms with Crippen LogP contribution in [0.25, 0.3) is 0 Å². The van der Waals surface area contributed by atoms with E-state index in [1.165, 1.54) is 11.1 Å². The molecule has 0 saturated heterocycles. The summed E-state index contributed by atoms with van der Waals surface area (Å²) in [6, 6.07) is 4.79. The monoisotopic (exact) mass is 221 g/mol. The Morgan fingerprint density at radius 2 is 1.69 bits per heavy atom. The number of likely N-dealkylation sites (N-methyl/N-ethyl adjacent to an activating group) is 1. The molecule has 0 aromatic heterocycles. The third kappa shape index (κ3) is 1.87. The number of fused-ring (bicyclic) bond motifs is 1. The Morgan fingerprint density at radius 1 is 1.12 bits per heavy atom.